The molecule has 0 unspecified atom stereocenters. The summed E-state index contributed by atoms with van der Waals surface area (Å²) in [6, 6.07) is 4.16. The first-order chi connectivity index (χ1) is 6.69. The molecule has 4 N–H and O–H groups in total. The summed E-state index contributed by atoms with van der Waals surface area (Å²) < 4.78 is 18.3. The highest BCUT2D eigenvalue weighted by Gasteiger charge is 2.11. The minimum absolute atomic E-state index is 0. The Balaban J connectivity index is 0.00000196. The van der Waals surface area contributed by atoms with Gasteiger partial charge in [0, 0.05) is 11.6 Å². The quantitative estimate of drug-likeness (QED) is 0.832. The Morgan fingerprint density at radius 1 is 1.47 bits per heavy atom. The number of benzene rings is 1. The Bertz CT molecular complexity index is 309. The SMILES string of the molecule is COc1ccc(F)c([C@H](N)CCN)c1.Cl. The van der Waals surface area contributed by atoms with Crippen LogP contribution < -0.4 is 16.2 Å². The summed E-state index contributed by atoms with van der Waals surface area (Å²) in [5.74, 6) is 0.292. The van der Waals surface area contributed by atoms with Gasteiger partial charge in [0.25, 0.3) is 0 Å². The van der Waals surface area contributed by atoms with Crippen molar-refractivity contribution in [3.63, 3.8) is 0 Å². The summed E-state index contributed by atoms with van der Waals surface area (Å²) in [6.45, 7) is 0.442. The van der Waals surface area contributed by atoms with Gasteiger partial charge in [0.2, 0.25) is 0 Å². The fourth-order valence-corrected chi connectivity index (χ4v) is 1.27. The maximum absolute atomic E-state index is 13.3. The second-order valence-electron chi connectivity index (χ2n) is 3.07. The molecule has 3 nitrogen and oxygen atoms in total. The molecule has 1 aromatic carbocycles. The smallest absolute Gasteiger partial charge is 0.128 e. The van der Waals surface area contributed by atoms with Gasteiger partial charge in [-0.3, -0.25) is 0 Å². The van der Waals surface area contributed by atoms with Gasteiger partial charge in [-0.2, -0.15) is 0 Å². The number of hydrogen-bond donors (Lipinski definition) is 2. The second kappa shape index (κ2) is 6.61. The van der Waals surface area contributed by atoms with E-state index in [1.165, 1.54) is 13.2 Å². The summed E-state index contributed by atoms with van der Waals surface area (Å²) >= 11 is 0. The van der Waals surface area contributed by atoms with Crippen LogP contribution in [0.5, 0.6) is 5.75 Å². The molecular weight excluding hydrogens is 219 g/mol. The third-order valence-electron chi connectivity index (χ3n) is 2.08. The molecule has 15 heavy (non-hydrogen) atoms. The molecule has 1 aromatic rings. The molecule has 0 radical (unpaired) electrons. The van der Waals surface area contributed by atoms with Gasteiger partial charge in [-0.1, -0.05) is 0 Å². The van der Waals surface area contributed by atoms with Crippen LogP contribution in [-0.2, 0) is 0 Å². The van der Waals surface area contributed by atoms with Crippen molar-refractivity contribution in [3.8, 4) is 5.75 Å². The molecule has 0 fully saturated rings. The van der Waals surface area contributed by atoms with Gasteiger partial charge in [0.05, 0.1) is 7.11 Å². The molecule has 0 heterocycles. The zero-order valence-corrected chi connectivity index (χ0v) is 9.39. The summed E-state index contributed by atoms with van der Waals surface area (Å²) in [6.07, 6.45) is 0.560. The van der Waals surface area contributed by atoms with Crippen LogP contribution in [0.3, 0.4) is 0 Å². The lowest BCUT2D eigenvalue weighted by Crippen LogP contribution is -2.16. The molecule has 0 spiro atoms. The van der Waals surface area contributed by atoms with Gasteiger partial charge < -0.3 is 16.2 Å². The summed E-state index contributed by atoms with van der Waals surface area (Å²) in [5.41, 5.74) is 11.6. The molecule has 0 bridgehead atoms. The van der Waals surface area contributed by atoms with E-state index < -0.39 is 0 Å². The molecule has 0 amide bonds. The van der Waals surface area contributed by atoms with Gasteiger partial charge in [0.1, 0.15) is 11.6 Å². The predicted octanol–water partition coefficient (Wildman–Crippen LogP) is 1.60. The molecule has 0 aliphatic carbocycles. The summed E-state index contributed by atoms with van der Waals surface area (Å²) in [5, 5.41) is 0. The molecule has 0 aromatic heterocycles. The normalized spacial score (nSPS) is 11.7. The highest BCUT2D eigenvalue weighted by molar-refractivity contribution is 5.85. The minimum Gasteiger partial charge on any atom is -0.497 e. The van der Waals surface area contributed by atoms with Gasteiger partial charge in [-0.15, -0.1) is 12.4 Å². The highest BCUT2D eigenvalue weighted by atomic mass is 35.5. The first kappa shape index (κ1) is 14.2. The molecular formula is C10H16ClFN2O. The molecule has 1 rings (SSSR count). The monoisotopic (exact) mass is 234 g/mol. The maximum Gasteiger partial charge on any atom is 0.128 e. The van der Waals surface area contributed by atoms with Crippen LogP contribution in [0.4, 0.5) is 4.39 Å². The molecule has 86 valence electrons. The minimum atomic E-state index is -0.366. The lowest BCUT2D eigenvalue weighted by atomic mass is 10.0. The number of ether oxygens (including phenoxy) is 1. The summed E-state index contributed by atoms with van der Waals surface area (Å²) in [7, 11) is 1.53. The maximum atomic E-state index is 13.3. The van der Waals surface area contributed by atoms with Gasteiger partial charge in [-0.05, 0) is 31.2 Å². The first-order valence-electron chi connectivity index (χ1n) is 4.48. The number of halogens is 2. The van der Waals surface area contributed by atoms with E-state index >= 15 is 0 Å². The van der Waals surface area contributed by atoms with E-state index in [0.717, 1.165) is 0 Å². The van der Waals surface area contributed by atoms with Crippen molar-refractivity contribution in [2.45, 2.75) is 12.5 Å². The fourth-order valence-electron chi connectivity index (χ4n) is 1.27. The van der Waals surface area contributed by atoms with E-state index in [1.807, 2.05) is 0 Å². The van der Waals surface area contributed by atoms with Crippen LogP contribution in [0.15, 0.2) is 18.2 Å². The predicted molar refractivity (Wildman–Crippen MR) is 60.8 cm³/mol. The highest BCUT2D eigenvalue weighted by Crippen LogP contribution is 2.22. The van der Waals surface area contributed by atoms with Crippen LogP contribution in [-0.4, -0.2) is 13.7 Å². The standard InChI is InChI=1S/C10H15FN2O.ClH/c1-14-7-2-3-9(11)8(6-7)10(13)4-5-12;/h2-3,6,10H,4-5,12-13H2,1H3;1H/t10-;/m1./s1. The van der Waals surface area contributed by atoms with E-state index in [4.69, 9.17) is 16.2 Å². The van der Waals surface area contributed by atoms with Gasteiger partial charge in [-0.25, -0.2) is 4.39 Å². The number of methoxy groups -OCH3 is 1. The summed E-state index contributed by atoms with van der Waals surface area (Å²) in [4.78, 5) is 0. The van der Waals surface area contributed by atoms with Crippen molar-refractivity contribution in [1.82, 2.24) is 0 Å². The van der Waals surface area contributed by atoms with E-state index in [1.54, 1.807) is 12.1 Å². The largest absolute Gasteiger partial charge is 0.497 e. The molecule has 0 aliphatic rings. The zero-order chi connectivity index (χ0) is 10.6. The van der Waals surface area contributed by atoms with E-state index in [9.17, 15) is 4.39 Å². The molecule has 0 aliphatic heterocycles. The third kappa shape index (κ3) is 3.66. The van der Waals surface area contributed by atoms with Crippen LogP contribution in [0.1, 0.15) is 18.0 Å². The lowest BCUT2D eigenvalue weighted by molar-refractivity contribution is 0.411. The van der Waals surface area contributed by atoms with Gasteiger partial charge >= 0.3 is 0 Å². The van der Waals surface area contributed by atoms with Crippen LogP contribution in [0, 0.1) is 5.82 Å². The Hall–Kier alpha value is -0.840. The van der Waals surface area contributed by atoms with Gasteiger partial charge in [0.15, 0.2) is 0 Å². The van der Waals surface area contributed by atoms with Crippen LogP contribution in [0.25, 0.3) is 0 Å². The van der Waals surface area contributed by atoms with Crippen molar-refractivity contribution < 1.29 is 9.13 Å². The Morgan fingerprint density at radius 2 is 2.13 bits per heavy atom. The van der Waals surface area contributed by atoms with Crippen molar-refractivity contribution in [1.29, 1.82) is 0 Å². The van der Waals surface area contributed by atoms with Crippen LogP contribution in [0.2, 0.25) is 0 Å². The van der Waals surface area contributed by atoms with Crippen LogP contribution >= 0.6 is 12.4 Å². The number of nitrogens with two attached hydrogens (primary N) is 2. The zero-order valence-electron chi connectivity index (χ0n) is 8.57. The molecule has 0 saturated carbocycles. The molecule has 0 saturated heterocycles. The number of rotatable bonds is 4. The Kier molecular flexibility index (Phi) is 6.24. The lowest BCUT2D eigenvalue weighted by Gasteiger charge is -2.12. The topological polar surface area (TPSA) is 61.3 Å². The van der Waals surface area contributed by atoms with Crippen molar-refractivity contribution in [2.75, 3.05) is 13.7 Å². The van der Waals surface area contributed by atoms with E-state index in [0.29, 0.717) is 24.3 Å². The third-order valence-corrected chi connectivity index (χ3v) is 2.08. The Labute approximate surface area is 95.0 Å². The van der Waals surface area contributed by atoms with E-state index in [2.05, 4.69) is 0 Å². The fraction of sp³-hybridized carbons (Fsp3) is 0.400. The Morgan fingerprint density at radius 3 is 2.67 bits per heavy atom. The first-order valence-corrected chi connectivity index (χ1v) is 4.48. The average Bonchev–Trinajstić information content (AvgIpc) is 2.19. The average molecular weight is 235 g/mol. The van der Waals surface area contributed by atoms with Crippen molar-refractivity contribution in [3.05, 3.63) is 29.6 Å². The molecule has 5 heteroatoms. The molecule has 1 atom stereocenters. The second-order valence-corrected chi connectivity index (χ2v) is 3.07. The van der Waals surface area contributed by atoms with Crippen molar-refractivity contribution in [2.24, 2.45) is 11.5 Å². The van der Waals surface area contributed by atoms with E-state index in [-0.39, 0.29) is 24.3 Å². The number of hydrogen-bond acceptors (Lipinski definition) is 3. The van der Waals surface area contributed by atoms with Crippen molar-refractivity contribution >= 4 is 12.4 Å².